The van der Waals surface area contributed by atoms with E-state index in [0.29, 0.717) is 19.5 Å². The van der Waals surface area contributed by atoms with Gasteiger partial charge in [-0.1, -0.05) is 48.4 Å². The maximum Gasteiger partial charge on any atom is 0.242 e. The lowest BCUT2D eigenvalue weighted by molar-refractivity contribution is -0.140. The Morgan fingerprint density at radius 1 is 1.17 bits per heavy atom. The first-order chi connectivity index (χ1) is 14.4. The van der Waals surface area contributed by atoms with Gasteiger partial charge in [0.1, 0.15) is 6.04 Å². The van der Waals surface area contributed by atoms with Crippen LogP contribution in [0.25, 0.3) is 0 Å². The third-order valence-corrected chi connectivity index (χ3v) is 6.12. The number of aryl methyl sites for hydroxylation is 1. The number of hydrogen-bond acceptors (Lipinski definition) is 3. The highest BCUT2D eigenvalue weighted by molar-refractivity contribution is 7.99. The summed E-state index contributed by atoms with van der Waals surface area (Å²) in [6.45, 7) is 6.90. The summed E-state index contributed by atoms with van der Waals surface area (Å²) >= 11 is 7.63. The number of halogens is 1. The molecule has 0 aliphatic heterocycles. The molecule has 0 heterocycles. The Kier molecular flexibility index (Phi) is 10.2. The predicted molar refractivity (Wildman–Crippen MR) is 126 cm³/mol. The average molecular weight is 447 g/mol. The van der Waals surface area contributed by atoms with E-state index in [-0.39, 0.29) is 11.8 Å². The maximum atomic E-state index is 13.0. The van der Waals surface area contributed by atoms with Gasteiger partial charge in [-0.15, -0.1) is 11.8 Å². The molecule has 6 heteroatoms. The SMILES string of the molecule is CCCNC(=O)[C@H](C)N(Cc1cccc(C)c1)C(=O)CCCSc1ccc(Cl)cc1. The van der Waals surface area contributed by atoms with Crippen molar-refractivity contribution in [1.29, 1.82) is 0 Å². The van der Waals surface area contributed by atoms with E-state index in [9.17, 15) is 9.59 Å². The molecule has 0 aliphatic carbocycles. The fraction of sp³-hybridized carbons (Fsp3) is 0.417. The van der Waals surface area contributed by atoms with Crippen molar-refractivity contribution in [2.24, 2.45) is 0 Å². The van der Waals surface area contributed by atoms with E-state index in [1.165, 1.54) is 0 Å². The van der Waals surface area contributed by atoms with Crippen molar-refractivity contribution in [3.8, 4) is 0 Å². The van der Waals surface area contributed by atoms with Crippen molar-refractivity contribution in [1.82, 2.24) is 10.2 Å². The Morgan fingerprint density at radius 3 is 2.57 bits per heavy atom. The molecule has 0 saturated heterocycles. The van der Waals surface area contributed by atoms with Gasteiger partial charge in [-0.3, -0.25) is 9.59 Å². The Hall–Kier alpha value is -1.98. The second kappa shape index (κ2) is 12.7. The summed E-state index contributed by atoms with van der Waals surface area (Å²) in [6.07, 6.45) is 2.03. The number of carbonyl (C=O) groups excluding carboxylic acids is 2. The minimum atomic E-state index is -0.506. The van der Waals surface area contributed by atoms with E-state index in [4.69, 9.17) is 11.6 Å². The number of nitrogens with zero attached hydrogens (tertiary/aromatic N) is 1. The van der Waals surface area contributed by atoms with Crippen LogP contribution < -0.4 is 5.32 Å². The zero-order valence-electron chi connectivity index (χ0n) is 18.0. The molecule has 162 valence electrons. The third-order valence-electron chi connectivity index (χ3n) is 4.77. The molecule has 2 aromatic carbocycles. The normalized spacial score (nSPS) is 11.7. The Balaban J connectivity index is 1.97. The topological polar surface area (TPSA) is 49.4 Å². The van der Waals surface area contributed by atoms with Crippen molar-refractivity contribution in [2.45, 2.75) is 57.5 Å². The summed E-state index contributed by atoms with van der Waals surface area (Å²) in [5.74, 6) is 0.739. The predicted octanol–water partition coefficient (Wildman–Crippen LogP) is 5.46. The monoisotopic (exact) mass is 446 g/mol. The van der Waals surface area contributed by atoms with E-state index >= 15 is 0 Å². The van der Waals surface area contributed by atoms with Crippen molar-refractivity contribution in [3.05, 3.63) is 64.7 Å². The molecule has 0 aromatic heterocycles. The van der Waals surface area contributed by atoms with Gasteiger partial charge in [-0.2, -0.15) is 0 Å². The number of carbonyl (C=O) groups is 2. The molecule has 0 spiro atoms. The van der Waals surface area contributed by atoms with E-state index in [1.807, 2.05) is 56.3 Å². The van der Waals surface area contributed by atoms with Crippen LogP contribution in [-0.4, -0.2) is 35.1 Å². The zero-order valence-corrected chi connectivity index (χ0v) is 19.6. The van der Waals surface area contributed by atoms with Gasteiger partial charge in [0.05, 0.1) is 0 Å². The number of hydrogen-bond donors (Lipinski definition) is 1. The molecule has 0 aliphatic rings. The lowest BCUT2D eigenvalue weighted by Gasteiger charge is -2.29. The van der Waals surface area contributed by atoms with Gasteiger partial charge >= 0.3 is 0 Å². The molecule has 0 fully saturated rings. The van der Waals surface area contributed by atoms with Crippen LogP contribution in [0, 0.1) is 6.92 Å². The number of amides is 2. The lowest BCUT2D eigenvalue weighted by Crippen LogP contribution is -2.47. The molecule has 0 saturated carbocycles. The van der Waals surface area contributed by atoms with Crippen molar-refractivity contribution >= 4 is 35.2 Å². The highest BCUT2D eigenvalue weighted by Gasteiger charge is 2.25. The second-order valence-electron chi connectivity index (χ2n) is 7.38. The first-order valence-electron chi connectivity index (χ1n) is 10.4. The smallest absolute Gasteiger partial charge is 0.242 e. The van der Waals surface area contributed by atoms with Gasteiger partial charge in [0, 0.05) is 29.4 Å². The van der Waals surface area contributed by atoms with Crippen LogP contribution in [0.3, 0.4) is 0 Å². The van der Waals surface area contributed by atoms with E-state index in [0.717, 1.165) is 39.6 Å². The highest BCUT2D eigenvalue weighted by atomic mass is 35.5. The first-order valence-corrected chi connectivity index (χ1v) is 11.8. The second-order valence-corrected chi connectivity index (χ2v) is 8.99. The third kappa shape index (κ3) is 8.04. The molecule has 2 amide bonds. The number of thioether (sulfide) groups is 1. The van der Waals surface area contributed by atoms with Gasteiger partial charge in [-0.05, 0) is 62.3 Å². The summed E-state index contributed by atoms with van der Waals surface area (Å²) < 4.78 is 0. The molecule has 2 aromatic rings. The van der Waals surface area contributed by atoms with Crippen LogP contribution in [0.4, 0.5) is 0 Å². The summed E-state index contributed by atoms with van der Waals surface area (Å²) in [6, 6.07) is 15.3. The number of rotatable bonds is 11. The molecule has 0 bridgehead atoms. The fourth-order valence-corrected chi connectivity index (χ4v) is 4.05. The Morgan fingerprint density at radius 2 is 1.90 bits per heavy atom. The van der Waals surface area contributed by atoms with Gasteiger partial charge < -0.3 is 10.2 Å². The average Bonchev–Trinajstić information content (AvgIpc) is 2.74. The summed E-state index contributed by atoms with van der Waals surface area (Å²) in [7, 11) is 0. The molecule has 2 rings (SSSR count). The molecule has 1 atom stereocenters. The van der Waals surface area contributed by atoms with E-state index in [1.54, 1.807) is 23.6 Å². The van der Waals surface area contributed by atoms with E-state index in [2.05, 4.69) is 11.4 Å². The van der Waals surface area contributed by atoms with Crippen molar-refractivity contribution in [3.63, 3.8) is 0 Å². The summed E-state index contributed by atoms with van der Waals surface area (Å²) in [4.78, 5) is 28.4. The lowest BCUT2D eigenvalue weighted by atomic mass is 10.1. The molecule has 4 nitrogen and oxygen atoms in total. The number of nitrogens with one attached hydrogen (secondary N) is 1. The van der Waals surface area contributed by atoms with Crippen LogP contribution in [0.5, 0.6) is 0 Å². The molecule has 30 heavy (non-hydrogen) atoms. The molecular weight excluding hydrogens is 416 g/mol. The minimum absolute atomic E-state index is 0.00682. The van der Waals surface area contributed by atoms with Crippen LogP contribution >= 0.6 is 23.4 Å². The zero-order chi connectivity index (χ0) is 21.9. The standard InChI is InChI=1S/C24H31ClN2O2S/c1-4-14-26-24(29)19(3)27(17-20-8-5-7-18(2)16-20)23(28)9-6-15-30-22-12-10-21(25)11-13-22/h5,7-8,10-13,16,19H,4,6,9,14-15,17H2,1-3H3,(H,26,29)/t19-/m0/s1. The maximum absolute atomic E-state index is 13.0. The fourth-order valence-electron chi connectivity index (χ4n) is 3.07. The highest BCUT2D eigenvalue weighted by Crippen LogP contribution is 2.22. The molecular formula is C24H31ClN2O2S. The molecule has 1 N–H and O–H groups in total. The minimum Gasteiger partial charge on any atom is -0.354 e. The van der Waals surface area contributed by atoms with Gasteiger partial charge in [0.25, 0.3) is 0 Å². The van der Waals surface area contributed by atoms with Crippen LogP contribution in [0.2, 0.25) is 5.02 Å². The van der Waals surface area contributed by atoms with E-state index < -0.39 is 6.04 Å². The van der Waals surface area contributed by atoms with Gasteiger partial charge in [0.2, 0.25) is 11.8 Å². The summed E-state index contributed by atoms with van der Waals surface area (Å²) in [5, 5.41) is 3.63. The van der Waals surface area contributed by atoms with Gasteiger partial charge in [-0.25, -0.2) is 0 Å². The summed E-state index contributed by atoms with van der Waals surface area (Å²) in [5.41, 5.74) is 2.18. The van der Waals surface area contributed by atoms with Crippen LogP contribution in [0.1, 0.15) is 44.2 Å². The quantitative estimate of drug-likeness (QED) is 0.368. The molecule has 0 radical (unpaired) electrons. The van der Waals surface area contributed by atoms with Crippen molar-refractivity contribution < 1.29 is 9.59 Å². The first kappa shape index (κ1) is 24.3. The van der Waals surface area contributed by atoms with Crippen molar-refractivity contribution in [2.75, 3.05) is 12.3 Å². The van der Waals surface area contributed by atoms with Crippen LogP contribution in [0.15, 0.2) is 53.4 Å². The van der Waals surface area contributed by atoms with Gasteiger partial charge in [0.15, 0.2) is 0 Å². The van der Waals surface area contributed by atoms with Crippen LogP contribution in [-0.2, 0) is 16.1 Å². The molecule has 0 unspecified atom stereocenters. The largest absolute Gasteiger partial charge is 0.354 e. The number of benzene rings is 2. The Labute approximate surface area is 189 Å². The Bertz CT molecular complexity index is 826.